The average Bonchev–Trinajstić information content (AvgIpc) is 3.08. The lowest BCUT2D eigenvalue weighted by atomic mass is 10.1. The molecule has 0 aliphatic carbocycles. The van der Waals surface area contributed by atoms with Crippen molar-refractivity contribution in [1.29, 1.82) is 0 Å². The molecule has 0 aromatic carbocycles. The second-order valence-corrected chi connectivity index (χ2v) is 8.74. The van der Waals surface area contributed by atoms with Crippen molar-refractivity contribution in [1.82, 2.24) is 0 Å². The lowest BCUT2D eigenvalue weighted by Gasteiger charge is -2.24. The van der Waals surface area contributed by atoms with Crippen LogP contribution in [0, 0.1) is 0 Å². The van der Waals surface area contributed by atoms with Crippen molar-refractivity contribution in [3.05, 3.63) is 12.2 Å². The Morgan fingerprint density at radius 2 is 1.37 bits per heavy atom. The van der Waals surface area contributed by atoms with E-state index in [9.17, 15) is 15.3 Å². The van der Waals surface area contributed by atoms with E-state index in [2.05, 4.69) is 19.1 Å². The Bertz CT molecular complexity index is 401. The monoisotopic (exact) mass is 428 g/mol. The summed E-state index contributed by atoms with van der Waals surface area (Å²) in [5.74, 6) is 0. The third-order valence-electron chi connectivity index (χ3n) is 5.97. The van der Waals surface area contributed by atoms with Crippen LogP contribution >= 0.6 is 0 Å². The molecule has 0 aromatic heterocycles. The molecule has 1 saturated heterocycles. The minimum absolute atomic E-state index is 0.0978. The van der Waals surface area contributed by atoms with Gasteiger partial charge in [0.1, 0.15) is 24.4 Å². The lowest BCUT2D eigenvalue weighted by molar-refractivity contribution is -0.101. The summed E-state index contributed by atoms with van der Waals surface area (Å²) in [6, 6.07) is 0. The molecule has 0 bridgehead atoms. The van der Waals surface area contributed by atoms with Gasteiger partial charge in [-0.3, -0.25) is 0 Å². The molecule has 5 heteroatoms. The maximum Gasteiger partial charge on any atom is 0.114 e. The first-order valence-corrected chi connectivity index (χ1v) is 12.6. The molecule has 178 valence electrons. The molecule has 0 saturated carbocycles. The normalized spacial score (nSPS) is 22.9. The summed E-state index contributed by atoms with van der Waals surface area (Å²) < 4.78 is 11.0. The van der Waals surface area contributed by atoms with Crippen LogP contribution in [0.1, 0.15) is 103 Å². The molecule has 1 aliphatic heterocycles. The largest absolute Gasteiger partial charge is 0.394 e. The number of allylic oxidation sites excluding steroid dienone is 2. The van der Waals surface area contributed by atoms with Crippen LogP contribution < -0.4 is 0 Å². The minimum Gasteiger partial charge on any atom is -0.394 e. The fraction of sp³-hybridized carbons (Fsp3) is 0.920. The second-order valence-electron chi connectivity index (χ2n) is 8.74. The highest BCUT2D eigenvalue weighted by molar-refractivity contribution is 4.88. The third-order valence-corrected chi connectivity index (χ3v) is 5.97. The average molecular weight is 429 g/mol. The second kappa shape index (κ2) is 19.2. The highest BCUT2D eigenvalue weighted by Crippen LogP contribution is 2.20. The van der Waals surface area contributed by atoms with Gasteiger partial charge < -0.3 is 24.8 Å². The van der Waals surface area contributed by atoms with E-state index in [1.807, 2.05) is 0 Å². The zero-order valence-electron chi connectivity index (χ0n) is 19.4. The van der Waals surface area contributed by atoms with Crippen LogP contribution in [0.25, 0.3) is 0 Å². The van der Waals surface area contributed by atoms with Crippen LogP contribution in [0.4, 0.5) is 0 Å². The third kappa shape index (κ3) is 13.1. The van der Waals surface area contributed by atoms with Crippen LogP contribution in [-0.2, 0) is 9.47 Å². The molecule has 0 radical (unpaired) electrons. The molecule has 1 heterocycles. The first-order chi connectivity index (χ1) is 14.7. The van der Waals surface area contributed by atoms with Crippen LogP contribution in [0.3, 0.4) is 0 Å². The van der Waals surface area contributed by atoms with E-state index in [-0.39, 0.29) is 13.2 Å². The van der Waals surface area contributed by atoms with Gasteiger partial charge >= 0.3 is 0 Å². The van der Waals surface area contributed by atoms with Crippen LogP contribution in [-0.4, -0.2) is 59.6 Å². The smallest absolute Gasteiger partial charge is 0.114 e. The Hall–Kier alpha value is -0.460. The van der Waals surface area contributed by atoms with Gasteiger partial charge in [-0.05, 0) is 32.1 Å². The molecule has 4 atom stereocenters. The number of hydrogen-bond donors (Lipinski definition) is 3. The van der Waals surface area contributed by atoms with Gasteiger partial charge in [0.25, 0.3) is 0 Å². The maximum atomic E-state index is 9.84. The molecule has 30 heavy (non-hydrogen) atoms. The van der Waals surface area contributed by atoms with E-state index >= 15 is 0 Å². The highest BCUT2D eigenvalue weighted by Gasteiger charge is 2.40. The van der Waals surface area contributed by atoms with Gasteiger partial charge in [0, 0.05) is 6.61 Å². The Morgan fingerprint density at radius 1 is 0.833 bits per heavy atom. The number of aliphatic hydroxyl groups is 3. The summed E-state index contributed by atoms with van der Waals surface area (Å²) in [6.45, 7) is 2.71. The maximum absolute atomic E-state index is 9.84. The van der Waals surface area contributed by atoms with Crippen LogP contribution in [0.15, 0.2) is 12.2 Å². The van der Waals surface area contributed by atoms with Crippen molar-refractivity contribution < 1.29 is 24.8 Å². The quantitative estimate of drug-likeness (QED) is 0.190. The van der Waals surface area contributed by atoms with Crippen molar-refractivity contribution in [2.45, 2.75) is 128 Å². The summed E-state index contributed by atoms with van der Waals surface area (Å²) >= 11 is 0. The molecule has 3 N–H and O–H groups in total. The van der Waals surface area contributed by atoms with E-state index < -0.39 is 24.4 Å². The molecule has 1 rings (SSSR count). The molecular formula is C25H48O5. The van der Waals surface area contributed by atoms with Crippen molar-refractivity contribution >= 4 is 0 Å². The summed E-state index contributed by atoms with van der Waals surface area (Å²) in [4.78, 5) is 0. The molecular weight excluding hydrogens is 380 g/mol. The molecule has 0 spiro atoms. The van der Waals surface area contributed by atoms with E-state index in [1.54, 1.807) is 0 Å². The SMILES string of the molecule is CCCCCCCC/C=C/CCCCCCCCCO[C@H](CO)[C@@H]1OC[C@H](O)[C@@H]1O. The van der Waals surface area contributed by atoms with Crippen molar-refractivity contribution in [3.63, 3.8) is 0 Å². The van der Waals surface area contributed by atoms with Crippen LogP contribution in [0.5, 0.6) is 0 Å². The predicted molar refractivity (Wildman–Crippen MR) is 123 cm³/mol. The number of ether oxygens (including phenoxy) is 2. The molecule has 1 fully saturated rings. The topological polar surface area (TPSA) is 79.2 Å². The Balaban J connectivity index is 1.83. The van der Waals surface area contributed by atoms with Gasteiger partial charge in [-0.25, -0.2) is 0 Å². The summed E-state index contributed by atoms with van der Waals surface area (Å²) in [5, 5.41) is 28.8. The predicted octanol–water partition coefficient (Wildman–Crippen LogP) is 4.91. The molecule has 1 aliphatic rings. The number of unbranched alkanes of at least 4 members (excludes halogenated alkanes) is 13. The zero-order valence-corrected chi connectivity index (χ0v) is 19.4. The molecule has 0 unspecified atom stereocenters. The first-order valence-electron chi connectivity index (χ1n) is 12.6. The summed E-state index contributed by atoms with van der Waals surface area (Å²) in [6.07, 6.45) is 20.8. The van der Waals surface area contributed by atoms with E-state index in [1.165, 1.54) is 83.5 Å². The van der Waals surface area contributed by atoms with E-state index in [0.29, 0.717) is 6.61 Å². The van der Waals surface area contributed by atoms with Crippen LogP contribution in [0.2, 0.25) is 0 Å². The van der Waals surface area contributed by atoms with Gasteiger partial charge in [-0.1, -0.05) is 83.3 Å². The van der Waals surface area contributed by atoms with Gasteiger partial charge in [0.05, 0.1) is 13.2 Å². The van der Waals surface area contributed by atoms with Gasteiger partial charge in [-0.2, -0.15) is 0 Å². The number of aliphatic hydroxyl groups excluding tert-OH is 3. The number of rotatable bonds is 20. The Morgan fingerprint density at radius 3 is 1.87 bits per heavy atom. The van der Waals surface area contributed by atoms with Gasteiger partial charge in [0.2, 0.25) is 0 Å². The van der Waals surface area contributed by atoms with Crippen molar-refractivity contribution in [2.24, 2.45) is 0 Å². The van der Waals surface area contributed by atoms with Gasteiger partial charge in [-0.15, -0.1) is 0 Å². The Kier molecular flexibility index (Phi) is 17.7. The molecule has 0 amide bonds. The van der Waals surface area contributed by atoms with E-state index in [4.69, 9.17) is 9.47 Å². The number of hydrogen-bond acceptors (Lipinski definition) is 5. The molecule has 5 nitrogen and oxygen atoms in total. The minimum atomic E-state index is -0.979. The summed E-state index contributed by atoms with van der Waals surface area (Å²) in [7, 11) is 0. The van der Waals surface area contributed by atoms with Crippen molar-refractivity contribution in [3.8, 4) is 0 Å². The lowest BCUT2D eigenvalue weighted by Crippen LogP contribution is -2.42. The molecule has 0 aromatic rings. The van der Waals surface area contributed by atoms with Crippen molar-refractivity contribution in [2.75, 3.05) is 19.8 Å². The highest BCUT2D eigenvalue weighted by atomic mass is 16.6. The standard InChI is InChI=1S/C25H48O5/c1-2-3-4-5-6-7-8-9-10-11-12-13-14-15-16-17-18-19-29-23(20-26)25-24(28)22(27)21-30-25/h9-10,22-28H,2-8,11-21H2,1H3/b10-9+/t22-,23+,24-,25-/m0/s1. The van der Waals surface area contributed by atoms with E-state index in [0.717, 1.165) is 12.8 Å². The summed E-state index contributed by atoms with van der Waals surface area (Å²) in [5.41, 5.74) is 0. The Labute approximate surface area is 184 Å². The fourth-order valence-corrected chi connectivity index (χ4v) is 3.97. The zero-order chi connectivity index (χ0) is 21.9. The first kappa shape index (κ1) is 27.6. The fourth-order valence-electron chi connectivity index (χ4n) is 3.97. The van der Waals surface area contributed by atoms with Gasteiger partial charge in [0.15, 0.2) is 0 Å².